The minimum Gasteiger partial charge on any atom is -0.366 e. The number of amides is 2. The second-order valence-corrected chi connectivity index (χ2v) is 4.50. The van der Waals surface area contributed by atoms with Crippen LogP contribution >= 0.6 is 0 Å². The third-order valence-electron chi connectivity index (χ3n) is 3.02. The summed E-state index contributed by atoms with van der Waals surface area (Å²) in [5, 5.41) is 6.16. The Morgan fingerprint density at radius 1 is 1.50 bits per heavy atom. The van der Waals surface area contributed by atoms with Gasteiger partial charge >= 0.3 is 0 Å². The molecule has 2 rings (SSSR count). The third-order valence-corrected chi connectivity index (χ3v) is 3.02. The van der Waals surface area contributed by atoms with Crippen LogP contribution in [-0.2, 0) is 11.3 Å². The zero-order valence-electron chi connectivity index (χ0n) is 10.1. The molecule has 1 heterocycles. The van der Waals surface area contributed by atoms with E-state index in [1.54, 1.807) is 12.1 Å². The molecule has 18 heavy (non-hydrogen) atoms. The molecule has 1 aromatic rings. The van der Waals surface area contributed by atoms with Crippen LogP contribution in [0.2, 0.25) is 0 Å². The van der Waals surface area contributed by atoms with Crippen molar-refractivity contribution in [3.05, 3.63) is 35.4 Å². The lowest BCUT2D eigenvalue weighted by atomic mass is 10.1. The van der Waals surface area contributed by atoms with Crippen molar-refractivity contribution in [1.29, 1.82) is 0 Å². The summed E-state index contributed by atoms with van der Waals surface area (Å²) in [5.41, 5.74) is 6.75. The topological polar surface area (TPSA) is 84.2 Å². The largest absolute Gasteiger partial charge is 0.366 e. The molecule has 1 aliphatic heterocycles. The first-order chi connectivity index (χ1) is 8.65. The summed E-state index contributed by atoms with van der Waals surface area (Å²) < 4.78 is 0. The van der Waals surface area contributed by atoms with Gasteiger partial charge < -0.3 is 16.4 Å². The number of carbonyl (C=O) groups excluding carboxylic acids is 2. The molecule has 0 radical (unpaired) electrons. The summed E-state index contributed by atoms with van der Waals surface area (Å²) in [6.45, 7) is 1.40. The van der Waals surface area contributed by atoms with Crippen molar-refractivity contribution in [2.75, 3.05) is 6.54 Å². The summed E-state index contributed by atoms with van der Waals surface area (Å²) in [7, 11) is 0. The van der Waals surface area contributed by atoms with Gasteiger partial charge in [0.25, 0.3) is 0 Å². The first kappa shape index (κ1) is 12.6. The van der Waals surface area contributed by atoms with E-state index >= 15 is 0 Å². The monoisotopic (exact) mass is 247 g/mol. The molecular weight excluding hydrogens is 230 g/mol. The van der Waals surface area contributed by atoms with Crippen LogP contribution in [0.25, 0.3) is 0 Å². The molecule has 4 N–H and O–H groups in total. The van der Waals surface area contributed by atoms with Gasteiger partial charge in [-0.15, -0.1) is 0 Å². The van der Waals surface area contributed by atoms with Crippen LogP contribution in [0.3, 0.4) is 0 Å². The molecule has 1 aromatic carbocycles. The quantitative estimate of drug-likeness (QED) is 0.692. The molecule has 1 atom stereocenters. The highest BCUT2D eigenvalue weighted by molar-refractivity contribution is 5.92. The lowest BCUT2D eigenvalue weighted by Gasteiger charge is -2.11. The van der Waals surface area contributed by atoms with E-state index < -0.39 is 5.91 Å². The number of nitrogens with one attached hydrogen (secondary N) is 2. The van der Waals surface area contributed by atoms with Crippen LogP contribution in [0.5, 0.6) is 0 Å². The van der Waals surface area contributed by atoms with Crippen molar-refractivity contribution in [3.63, 3.8) is 0 Å². The van der Waals surface area contributed by atoms with Crippen LogP contribution in [0.4, 0.5) is 0 Å². The minimum atomic E-state index is -0.417. The summed E-state index contributed by atoms with van der Waals surface area (Å²) in [4.78, 5) is 22.0. The number of primary amides is 1. The molecule has 96 valence electrons. The molecular formula is C13H17N3O2. The highest BCUT2D eigenvalue weighted by atomic mass is 16.2. The van der Waals surface area contributed by atoms with Crippen LogP contribution in [0.15, 0.2) is 24.3 Å². The lowest BCUT2D eigenvalue weighted by Crippen LogP contribution is -2.35. The van der Waals surface area contributed by atoms with Gasteiger partial charge in [-0.2, -0.15) is 0 Å². The number of nitrogens with two attached hydrogens (primary N) is 1. The predicted molar refractivity (Wildman–Crippen MR) is 67.8 cm³/mol. The van der Waals surface area contributed by atoms with E-state index in [0.29, 0.717) is 18.5 Å². The van der Waals surface area contributed by atoms with E-state index in [9.17, 15) is 9.59 Å². The van der Waals surface area contributed by atoms with Gasteiger partial charge in [0, 0.05) is 31.1 Å². The maximum absolute atomic E-state index is 11.0. The summed E-state index contributed by atoms with van der Waals surface area (Å²) in [5.74, 6) is -0.294. The van der Waals surface area contributed by atoms with E-state index in [4.69, 9.17) is 5.73 Å². The number of hydrogen-bond donors (Lipinski definition) is 3. The molecule has 0 bridgehead atoms. The Labute approximate surface area is 106 Å². The number of carbonyl (C=O) groups is 2. The summed E-state index contributed by atoms with van der Waals surface area (Å²) in [6, 6.07) is 7.45. The number of benzene rings is 1. The molecule has 1 fully saturated rings. The van der Waals surface area contributed by atoms with E-state index in [1.165, 1.54) is 0 Å². The van der Waals surface area contributed by atoms with E-state index in [1.807, 2.05) is 12.1 Å². The molecule has 1 aliphatic rings. The zero-order valence-corrected chi connectivity index (χ0v) is 10.1. The van der Waals surface area contributed by atoms with Crippen molar-refractivity contribution in [2.45, 2.75) is 25.4 Å². The Bertz CT molecular complexity index is 459. The molecule has 0 aliphatic carbocycles. The second kappa shape index (κ2) is 5.64. The highest BCUT2D eigenvalue weighted by Gasteiger charge is 2.19. The Balaban J connectivity index is 1.81. The SMILES string of the molecule is NC(=O)c1cccc(CNCC2CCC(=O)N2)c1. The Morgan fingerprint density at radius 3 is 3.00 bits per heavy atom. The molecule has 5 nitrogen and oxygen atoms in total. The molecule has 0 saturated carbocycles. The predicted octanol–water partition coefficient (Wildman–Crippen LogP) is 0.154. The van der Waals surface area contributed by atoms with Crippen molar-refractivity contribution >= 4 is 11.8 Å². The van der Waals surface area contributed by atoms with Crippen molar-refractivity contribution in [1.82, 2.24) is 10.6 Å². The van der Waals surface area contributed by atoms with Crippen LogP contribution in [0, 0.1) is 0 Å². The standard InChI is InChI=1S/C13H17N3O2/c14-13(18)10-3-1-2-9(6-10)7-15-8-11-4-5-12(17)16-11/h1-3,6,11,15H,4-5,7-8H2,(H2,14,18)(H,16,17). The van der Waals surface area contributed by atoms with Gasteiger partial charge in [0.2, 0.25) is 11.8 Å². The van der Waals surface area contributed by atoms with Crippen molar-refractivity contribution < 1.29 is 9.59 Å². The second-order valence-electron chi connectivity index (χ2n) is 4.50. The van der Waals surface area contributed by atoms with Crippen LogP contribution in [-0.4, -0.2) is 24.4 Å². The summed E-state index contributed by atoms with van der Waals surface area (Å²) >= 11 is 0. The third kappa shape index (κ3) is 3.30. The van der Waals surface area contributed by atoms with Crippen LogP contribution < -0.4 is 16.4 Å². The lowest BCUT2D eigenvalue weighted by molar-refractivity contribution is -0.119. The van der Waals surface area contributed by atoms with Gasteiger partial charge in [-0.25, -0.2) is 0 Å². The zero-order chi connectivity index (χ0) is 13.0. The molecule has 2 amide bonds. The maximum atomic E-state index is 11.0. The van der Waals surface area contributed by atoms with Crippen molar-refractivity contribution in [3.8, 4) is 0 Å². The fraction of sp³-hybridized carbons (Fsp3) is 0.385. The van der Waals surface area contributed by atoms with Gasteiger partial charge in [0.1, 0.15) is 0 Å². The Hall–Kier alpha value is -1.88. The first-order valence-electron chi connectivity index (χ1n) is 6.04. The van der Waals surface area contributed by atoms with Gasteiger partial charge in [0.05, 0.1) is 0 Å². The molecule has 1 unspecified atom stereocenters. The van der Waals surface area contributed by atoms with E-state index in [-0.39, 0.29) is 11.9 Å². The molecule has 0 aromatic heterocycles. The fourth-order valence-corrected chi connectivity index (χ4v) is 2.06. The maximum Gasteiger partial charge on any atom is 0.248 e. The number of hydrogen-bond acceptors (Lipinski definition) is 3. The van der Waals surface area contributed by atoms with Gasteiger partial charge in [0.15, 0.2) is 0 Å². The van der Waals surface area contributed by atoms with Gasteiger partial charge in [-0.05, 0) is 24.1 Å². The normalized spacial score (nSPS) is 18.7. The minimum absolute atomic E-state index is 0.123. The molecule has 0 spiro atoms. The summed E-state index contributed by atoms with van der Waals surface area (Å²) in [6.07, 6.45) is 1.50. The fourth-order valence-electron chi connectivity index (χ4n) is 2.06. The van der Waals surface area contributed by atoms with Crippen LogP contribution in [0.1, 0.15) is 28.8 Å². The Morgan fingerprint density at radius 2 is 2.33 bits per heavy atom. The van der Waals surface area contributed by atoms with Gasteiger partial charge in [-0.3, -0.25) is 9.59 Å². The number of rotatable bonds is 5. The molecule has 5 heteroatoms. The first-order valence-corrected chi connectivity index (χ1v) is 6.04. The van der Waals surface area contributed by atoms with Gasteiger partial charge in [-0.1, -0.05) is 12.1 Å². The average Bonchev–Trinajstić information content (AvgIpc) is 2.75. The van der Waals surface area contributed by atoms with E-state index in [2.05, 4.69) is 10.6 Å². The van der Waals surface area contributed by atoms with E-state index in [0.717, 1.165) is 18.5 Å². The highest BCUT2D eigenvalue weighted by Crippen LogP contribution is 2.07. The Kier molecular flexibility index (Phi) is 3.94. The smallest absolute Gasteiger partial charge is 0.248 e. The average molecular weight is 247 g/mol. The molecule has 1 saturated heterocycles. The van der Waals surface area contributed by atoms with Crippen molar-refractivity contribution in [2.24, 2.45) is 5.73 Å².